The van der Waals surface area contributed by atoms with Crippen LogP contribution in [-0.2, 0) is 11.8 Å². The van der Waals surface area contributed by atoms with Gasteiger partial charge in [0.15, 0.2) is 0 Å². The number of ketones is 1. The summed E-state index contributed by atoms with van der Waals surface area (Å²) in [5.74, 6) is -1.05. The van der Waals surface area contributed by atoms with Crippen molar-refractivity contribution in [1.82, 2.24) is 9.78 Å². The average molecular weight is 335 g/mol. The molecule has 128 valence electrons. The monoisotopic (exact) mass is 335 g/mol. The van der Waals surface area contributed by atoms with E-state index in [0.29, 0.717) is 23.5 Å². The Balaban J connectivity index is 2.06. The lowest BCUT2D eigenvalue weighted by Crippen LogP contribution is -2.37. The maximum Gasteiger partial charge on any atom is 0.299 e. The zero-order valence-electron chi connectivity index (χ0n) is 14.9. The minimum atomic E-state index is -0.530. The third-order valence-corrected chi connectivity index (χ3v) is 4.55. The normalized spacial score (nSPS) is 10.9. The molecule has 0 fully saturated rings. The lowest BCUT2D eigenvalue weighted by Gasteiger charge is -2.22. The van der Waals surface area contributed by atoms with Crippen molar-refractivity contribution in [2.45, 2.75) is 20.8 Å². The smallest absolute Gasteiger partial charge is 0.299 e. The van der Waals surface area contributed by atoms with Crippen LogP contribution in [0.2, 0.25) is 0 Å². The van der Waals surface area contributed by atoms with E-state index in [1.807, 2.05) is 49.4 Å². The molecule has 3 aromatic rings. The van der Waals surface area contributed by atoms with Crippen LogP contribution in [-0.4, -0.2) is 28.0 Å². The van der Waals surface area contributed by atoms with Crippen molar-refractivity contribution in [3.05, 3.63) is 59.4 Å². The summed E-state index contributed by atoms with van der Waals surface area (Å²) in [5, 5.41) is 6.23. The second-order valence-electron chi connectivity index (χ2n) is 6.05. The number of rotatable bonds is 4. The van der Waals surface area contributed by atoms with Crippen LogP contribution in [0, 0.1) is 13.8 Å². The molecule has 1 aromatic heterocycles. The van der Waals surface area contributed by atoms with Crippen molar-refractivity contribution in [2.24, 2.45) is 7.05 Å². The van der Waals surface area contributed by atoms with E-state index in [1.54, 1.807) is 25.6 Å². The number of hydrogen-bond donors (Lipinski definition) is 0. The predicted octanol–water partition coefficient (Wildman–Crippen LogP) is 3.43. The summed E-state index contributed by atoms with van der Waals surface area (Å²) in [7, 11) is 1.77. The van der Waals surface area contributed by atoms with E-state index in [1.165, 1.54) is 4.90 Å². The molecule has 0 aliphatic carbocycles. The largest absolute Gasteiger partial charge is 0.305 e. The fourth-order valence-electron chi connectivity index (χ4n) is 3.20. The van der Waals surface area contributed by atoms with Crippen molar-refractivity contribution >= 4 is 28.2 Å². The molecule has 3 rings (SSSR count). The van der Waals surface area contributed by atoms with Gasteiger partial charge in [-0.3, -0.25) is 14.3 Å². The van der Waals surface area contributed by atoms with E-state index < -0.39 is 11.7 Å². The van der Waals surface area contributed by atoms with Crippen molar-refractivity contribution in [1.29, 1.82) is 0 Å². The first-order valence-corrected chi connectivity index (χ1v) is 8.29. The average Bonchev–Trinajstić information content (AvgIpc) is 2.87. The van der Waals surface area contributed by atoms with Crippen LogP contribution in [0.25, 0.3) is 10.8 Å². The van der Waals surface area contributed by atoms with Crippen LogP contribution in [0.1, 0.15) is 28.7 Å². The van der Waals surface area contributed by atoms with Crippen LogP contribution >= 0.6 is 0 Å². The molecule has 0 spiro atoms. The highest BCUT2D eigenvalue weighted by atomic mass is 16.2. The zero-order chi connectivity index (χ0) is 18.1. The summed E-state index contributed by atoms with van der Waals surface area (Å²) < 4.78 is 1.63. The first-order valence-electron chi connectivity index (χ1n) is 8.29. The van der Waals surface area contributed by atoms with E-state index in [4.69, 9.17) is 0 Å². The first-order chi connectivity index (χ1) is 12.0. The summed E-state index contributed by atoms with van der Waals surface area (Å²) >= 11 is 0. The Labute approximate surface area is 146 Å². The van der Waals surface area contributed by atoms with Gasteiger partial charge in [-0.25, -0.2) is 0 Å². The van der Waals surface area contributed by atoms with Gasteiger partial charge in [-0.15, -0.1) is 0 Å². The van der Waals surface area contributed by atoms with Gasteiger partial charge in [0.25, 0.3) is 11.7 Å². The fourth-order valence-corrected chi connectivity index (χ4v) is 3.20. The summed E-state index contributed by atoms with van der Waals surface area (Å²) in [6.07, 6.45) is 0. The quantitative estimate of drug-likeness (QED) is 0.542. The number of likely N-dealkylation sites (N-methyl/N-ethyl adjacent to an activating group) is 1. The first kappa shape index (κ1) is 16.9. The Kier molecular flexibility index (Phi) is 4.40. The third-order valence-electron chi connectivity index (χ3n) is 4.55. The molecule has 0 atom stereocenters. The molecule has 0 saturated heterocycles. The molecule has 0 aliphatic rings. The number of hydrogen-bond acceptors (Lipinski definition) is 3. The van der Waals surface area contributed by atoms with E-state index in [2.05, 4.69) is 5.10 Å². The topological polar surface area (TPSA) is 55.2 Å². The van der Waals surface area contributed by atoms with Gasteiger partial charge in [-0.2, -0.15) is 5.10 Å². The highest BCUT2D eigenvalue weighted by Gasteiger charge is 2.28. The molecule has 0 bridgehead atoms. The number of amides is 1. The number of carbonyl (C=O) groups excluding carboxylic acids is 2. The second-order valence-corrected chi connectivity index (χ2v) is 6.05. The van der Waals surface area contributed by atoms with Gasteiger partial charge in [-0.05, 0) is 32.2 Å². The number of nitrogens with zero attached hydrogens (tertiary/aromatic N) is 3. The van der Waals surface area contributed by atoms with Crippen molar-refractivity contribution < 1.29 is 9.59 Å². The molecule has 0 radical (unpaired) electrons. The number of anilines is 1. The van der Waals surface area contributed by atoms with Crippen LogP contribution < -0.4 is 4.90 Å². The van der Waals surface area contributed by atoms with Crippen molar-refractivity contribution in [3.8, 4) is 0 Å². The lowest BCUT2D eigenvalue weighted by atomic mass is 10.1. The SMILES string of the molecule is CCN(C(=O)C(=O)c1c(C)nn(C)c1C)c1cccc2ccccc12. The molecule has 0 aliphatic heterocycles. The molecule has 1 heterocycles. The minimum Gasteiger partial charge on any atom is -0.305 e. The summed E-state index contributed by atoms with van der Waals surface area (Å²) in [6, 6.07) is 13.6. The number of benzene rings is 2. The van der Waals surface area contributed by atoms with Crippen molar-refractivity contribution in [2.75, 3.05) is 11.4 Å². The van der Waals surface area contributed by atoms with Crippen LogP contribution in [0.3, 0.4) is 0 Å². The molecule has 2 aromatic carbocycles. The highest BCUT2D eigenvalue weighted by molar-refractivity contribution is 6.48. The number of fused-ring (bicyclic) bond motifs is 1. The second kappa shape index (κ2) is 6.51. The van der Waals surface area contributed by atoms with E-state index in [-0.39, 0.29) is 0 Å². The molecule has 1 amide bonds. The molecule has 5 nitrogen and oxygen atoms in total. The van der Waals surface area contributed by atoms with Gasteiger partial charge >= 0.3 is 0 Å². The Morgan fingerprint density at radius 3 is 2.40 bits per heavy atom. The number of carbonyl (C=O) groups is 2. The molecular weight excluding hydrogens is 314 g/mol. The van der Waals surface area contributed by atoms with Gasteiger partial charge in [0, 0.05) is 24.7 Å². The molecular formula is C20H21N3O2. The van der Waals surface area contributed by atoms with Gasteiger partial charge < -0.3 is 4.90 Å². The summed E-state index contributed by atoms with van der Waals surface area (Å²) in [5.41, 5.74) is 2.42. The number of Topliss-reactive ketones (excluding diaryl/α,β-unsaturated/α-hetero) is 1. The maximum absolute atomic E-state index is 13.0. The van der Waals surface area contributed by atoms with Crippen molar-refractivity contribution in [3.63, 3.8) is 0 Å². The zero-order valence-corrected chi connectivity index (χ0v) is 14.9. The minimum absolute atomic E-state index is 0.395. The number of aromatic nitrogens is 2. The molecule has 0 unspecified atom stereocenters. The summed E-state index contributed by atoms with van der Waals surface area (Å²) in [4.78, 5) is 27.4. The molecule has 0 saturated carbocycles. The van der Waals surface area contributed by atoms with Gasteiger partial charge in [-0.1, -0.05) is 36.4 Å². The van der Waals surface area contributed by atoms with Gasteiger partial charge in [0.2, 0.25) is 0 Å². The van der Waals surface area contributed by atoms with Gasteiger partial charge in [0.05, 0.1) is 16.9 Å². The summed E-state index contributed by atoms with van der Waals surface area (Å²) in [6.45, 7) is 5.84. The number of aryl methyl sites for hydroxylation is 2. The predicted molar refractivity (Wildman–Crippen MR) is 99.0 cm³/mol. The maximum atomic E-state index is 13.0. The highest BCUT2D eigenvalue weighted by Crippen LogP contribution is 2.27. The third kappa shape index (κ3) is 2.82. The fraction of sp³-hybridized carbons (Fsp3) is 0.250. The Morgan fingerprint density at radius 2 is 1.76 bits per heavy atom. The standard InChI is InChI=1S/C20H21N3O2/c1-5-23(17-12-8-10-15-9-6-7-11-16(15)17)20(25)19(24)18-13(2)21-22(4)14(18)3/h6-12H,5H2,1-4H3. The Morgan fingerprint density at radius 1 is 1.08 bits per heavy atom. The Bertz CT molecular complexity index is 967. The molecule has 5 heteroatoms. The van der Waals surface area contributed by atoms with Crippen LogP contribution in [0.15, 0.2) is 42.5 Å². The molecule has 25 heavy (non-hydrogen) atoms. The van der Waals surface area contributed by atoms with E-state index in [0.717, 1.165) is 16.5 Å². The van der Waals surface area contributed by atoms with Crippen LogP contribution in [0.5, 0.6) is 0 Å². The van der Waals surface area contributed by atoms with E-state index >= 15 is 0 Å². The lowest BCUT2D eigenvalue weighted by molar-refractivity contribution is -0.114. The van der Waals surface area contributed by atoms with Crippen LogP contribution in [0.4, 0.5) is 5.69 Å². The Hall–Kier alpha value is -2.95. The van der Waals surface area contributed by atoms with Gasteiger partial charge in [0.1, 0.15) is 0 Å². The van der Waals surface area contributed by atoms with E-state index in [9.17, 15) is 9.59 Å². The molecule has 0 N–H and O–H groups in total.